The first-order valence-corrected chi connectivity index (χ1v) is 8.66. The maximum atomic E-state index is 12.5. The van der Waals surface area contributed by atoms with Crippen LogP contribution in [-0.4, -0.2) is 32.2 Å². The van der Waals surface area contributed by atoms with Crippen molar-refractivity contribution >= 4 is 27.3 Å². The molecule has 0 fully saturated rings. The van der Waals surface area contributed by atoms with Gasteiger partial charge in [0.2, 0.25) is 0 Å². The van der Waals surface area contributed by atoms with E-state index in [1.165, 1.54) is 12.1 Å². The third-order valence-electron chi connectivity index (χ3n) is 3.03. The van der Waals surface area contributed by atoms with E-state index in [0.29, 0.717) is 10.8 Å². The number of allylic oxidation sites excluding steroid dienone is 1. The summed E-state index contributed by atoms with van der Waals surface area (Å²) >= 11 is 6.07. The van der Waals surface area contributed by atoms with Gasteiger partial charge in [-0.15, -0.1) is 0 Å². The number of amides is 1. The Kier molecular flexibility index (Phi) is 4.30. The van der Waals surface area contributed by atoms with Gasteiger partial charge in [0.05, 0.1) is 22.0 Å². The number of hydrogen-bond acceptors (Lipinski definition) is 4. The Bertz CT molecular complexity index is 709. The van der Waals surface area contributed by atoms with E-state index in [2.05, 4.69) is 0 Å². The van der Waals surface area contributed by atoms with Crippen LogP contribution in [0.2, 0.25) is 0 Å². The van der Waals surface area contributed by atoms with Gasteiger partial charge >= 0.3 is 0 Å². The zero-order chi connectivity index (χ0) is 15.8. The molecule has 1 aliphatic rings. The van der Waals surface area contributed by atoms with Crippen LogP contribution in [0.15, 0.2) is 40.0 Å². The Morgan fingerprint density at radius 1 is 1.33 bits per heavy atom. The highest BCUT2D eigenvalue weighted by Gasteiger charge is 2.31. The molecule has 0 spiro atoms. The number of halogens is 1. The number of hydrogen-bond donors (Lipinski definition) is 0. The number of hydroxylamine groups is 2. The van der Waals surface area contributed by atoms with Crippen molar-refractivity contribution in [3.63, 3.8) is 0 Å². The molecule has 21 heavy (non-hydrogen) atoms. The number of sulfone groups is 1. The van der Waals surface area contributed by atoms with Crippen LogP contribution in [0.5, 0.6) is 0 Å². The predicted molar refractivity (Wildman–Crippen MR) is 79.4 cm³/mol. The lowest BCUT2D eigenvalue weighted by Gasteiger charge is -2.18. The van der Waals surface area contributed by atoms with Crippen molar-refractivity contribution in [1.29, 1.82) is 0 Å². The number of rotatable bonds is 3. The van der Waals surface area contributed by atoms with Gasteiger partial charge in [0.15, 0.2) is 15.6 Å². The van der Waals surface area contributed by atoms with Gasteiger partial charge in [-0.3, -0.25) is 4.79 Å². The summed E-state index contributed by atoms with van der Waals surface area (Å²) in [5, 5.41) is 1.54. The van der Waals surface area contributed by atoms with E-state index < -0.39 is 15.7 Å². The van der Waals surface area contributed by atoms with Gasteiger partial charge in [-0.2, -0.15) is 5.06 Å². The van der Waals surface area contributed by atoms with Gasteiger partial charge in [0.25, 0.3) is 5.91 Å². The van der Waals surface area contributed by atoms with Crippen LogP contribution >= 0.6 is 11.6 Å². The van der Waals surface area contributed by atoms with Crippen molar-refractivity contribution in [3.05, 3.63) is 40.6 Å². The zero-order valence-corrected chi connectivity index (χ0v) is 13.5. The molecule has 0 saturated carbocycles. The van der Waals surface area contributed by atoms with Crippen molar-refractivity contribution in [2.45, 2.75) is 18.7 Å². The van der Waals surface area contributed by atoms with Crippen molar-refractivity contribution in [1.82, 2.24) is 5.06 Å². The molecule has 1 aliphatic heterocycles. The second-order valence-electron chi connectivity index (χ2n) is 5.13. The summed E-state index contributed by atoms with van der Waals surface area (Å²) in [4.78, 5) is 17.9. The summed E-state index contributed by atoms with van der Waals surface area (Å²) in [5.41, 5.74) is 0.0782. The molecule has 0 bridgehead atoms. The van der Waals surface area contributed by atoms with E-state index in [1.54, 1.807) is 12.1 Å². The van der Waals surface area contributed by atoms with Crippen LogP contribution in [0.1, 0.15) is 24.2 Å². The average molecular weight is 330 g/mol. The summed E-state index contributed by atoms with van der Waals surface area (Å²) in [6, 6.07) is 6.04. The third-order valence-corrected chi connectivity index (χ3v) is 4.49. The maximum Gasteiger partial charge on any atom is 0.288 e. The lowest BCUT2D eigenvalue weighted by Crippen LogP contribution is -2.29. The molecule has 0 atom stereocenters. The van der Waals surface area contributed by atoms with Crippen LogP contribution in [-0.2, 0) is 14.7 Å². The highest BCUT2D eigenvalue weighted by atomic mass is 35.5. The molecule has 1 aromatic rings. The van der Waals surface area contributed by atoms with E-state index in [0.717, 1.165) is 11.3 Å². The Balaban J connectivity index is 2.33. The van der Waals surface area contributed by atoms with Crippen molar-refractivity contribution < 1.29 is 18.0 Å². The highest BCUT2D eigenvalue weighted by Crippen LogP contribution is 2.30. The van der Waals surface area contributed by atoms with Crippen molar-refractivity contribution in [2.24, 2.45) is 5.92 Å². The SMILES string of the molecule is CC(C)C1=C(Cl)CN(C(=O)c2ccccc2S(C)(=O)=O)O1. The monoisotopic (exact) mass is 329 g/mol. The lowest BCUT2D eigenvalue weighted by molar-refractivity contribution is -0.0673. The number of carbonyl (C=O) groups is 1. The van der Waals surface area contributed by atoms with E-state index >= 15 is 0 Å². The fourth-order valence-electron chi connectivity index (χ4n) is 2.04. The first-order chi connectivity index (χ1) is 9.71. The van der Waals surface area contributed by atoms with Crippen LogP contribution < -0.4 is 0 Å². The molecule has 114 valence electrons. The van der Waals surface area contributed by atoms with E-state index in [1.807, 2.05) is 13.8 Å². The molecule has 2 rings (SSSR count). The molecule has 0 unspecified atom stereocenters. The van der Waals surface area contributed by atoms with Gasteiger partial charge in [-0.05, 0) is 12.1 Å². The Labute approximate surface area is 129 Å². The van der Waals surface area contributed by atoms with Crippen molar-refractivity contribution in [2.75, 3.05) is 12.8 Å². The molecule has 7 heteroatoms. The van der Waals surface area contributed by atoms with Gasteiger partial charge in [0.1, 0.15) is 0 Å². The zero-order valence-electron chi connectivity index (χ0n) is 12.0. The Hall–Kier alpha value is -1.53. The normalized spacial score (nSPS) is 15.6. The van der Waals surface area contributed by atoms with E-state index in [9.17, 15) is 13.2 Å². The summed E-state index contributed by atoms with van der Waals surface area (Å²) in [6.07, 6.45) is 1.06. The first kappa shape index (κ1) is 15.9. The molecular weight excluding hydrogens is 314 g/mol. The van der Waals surface area contributed by atoms with E-state index in [4.69, 9.17) is 16.4 Å². The van der Waals surface area contributed by atoms with Crippen LogP contribution in [0.4, 0.5) is 0 Å². The van der Waals surface area contributed by atoms with Gasteiger partial charge in [0, 0.05) is 12.2 Å². The first-order valence-electron chi connectivity index (χ1n) is 6.39. The average Bonchev–Trinajstić information content (AvgIpc) is 2.79. The fraction of sp³-hybridized carbons (Fsp3) is 0.357. The second-order valence-corrected chi connectivity index (χ2v) is 7.57. The van der Waals surface area contributed by atoms with Gasteiger partial charge < -0.3 is 4.84 Å². The minimum absolute atomic E-state index is 0.0206. The minimum Gasteiger partial charge on any atom is -0.379 e. The molecule has 1 aromatic carbocycles. The smallest absolute Gasteiger partial charge is 0.288 e. The molecule has 0 aliphatic carbocycles. The molecule has 0 radical (unpaired) electrons. The number of carbonyl (C=O) groups excluding carboxylic acids is 1. The topological polar surface area (TPSA) is 63.7 Å². The number of nitrogens with zero attached hydrogens (tertiary/aromatic N) is 1. The summed E-state index contributed by atoms with van der Waals surface area (Å²) < 4.78 is 23.5. The van der Waals surface area contributed by atoms with Crippen LogP contribution in [0.3, 0.4) is 0 Å². The van der Waals surface area contributed by atoms with E-state index in [-0.39, 0.29) is 22.9 Å². The Morgan fingerprint density at radius 3 is 2.48 bits per heavy atom. The fourth-order valence-corrected chi connectivity index (χ4v) is 3.28. The molecule has 5 nitrogen and oxygen atoms in total. The van der Waals surface area contributed by atoms with Crippen LogP contribution in [0, 0.1) is 5.92 Å². The molecule has 0 aromatic heterocycles. The molecule has 1 heterocycles. The Morgan fingerprint density at radius 2 is 1.95 bits per heavy atom. The quantitative estimate of drug-likeness (QED) is 0.855. The van der Waals surface area contributed by atoms with Gasteiger partial charge in [-0.25, -0.2) is 8.42 Å². The molecule has 0 saturated heterocycles. The van der Waals surface area contributed by atoms with Crippen LogP contribution in [0.25, 0.3) is 0 Å². The summed E-state index contributed by atoms with van der Waals surface area (Å²) in [5.74, 6) is 0.0483. The lowest BCUT2D eigenvalue weighted by atomic mass is 10.2. The summed E-state index contributed by atoms with van der Waals surface area (Å²) in [7, 11) is -3.50. The highest BCUT2D eigenvalue weighted by molar-refractivity contribution is 7.90. The third kappa shape index (κ3) is 3.22. The standard InChI is InChI=1S/C14H16ClNO4S/c1-9(2)13-11(15)8-16(20-13)14(17)10-6-4-5-7-12(10)21(3,18)19/h4-7,9H,8H2,1-3H3. The molecular formula is C14H16ClNO4S. The van der Waals surface area contributed by atoms with Gasteiger partial charge in [-0.1, -0.05) is 37.6 Å². The molecule has 0 N–H and O–H groups in total. The maximum absolute atomic E-state index is 12.5. The largest absolute Gasteiger partial charge is 0.379 e. The number of benzene rings is 1. The minimum atomic E-state index is -3.50. The second kappa shape index (κ2) is 5.69. The molecule has 1 amide bonds. The summed E-state index contributed by atoms with van der Waals surface area (Å²) in [6.45, 7) is 3.91. The predicted octanol–water partition coefficient (Wildman–Crippen LogP) is 2.58. The van der Waals surface area contributed by atoms with Crippen molar-refractivity contribution in [3.8, 4) is 0 Å².